The fourth-order valence-electron chi connectivity index (χ4n) is 1.95. The summed E-state index contributed by atoms with van der Waals surface area (Å²) in [6.07, 6.45) is 2.18. The second kappa shape index (κ2) is 4.49. The lowest BCUT2D eigenvalue weighted by atomic mass is 10.3. The van der Waals surface area contributed by atoms with E-state index in [0.29, 0.717) is 17.9 Å². The normalized spacial score (nSPS) is 10.7. The van der Waals surface area contributed by atoms with Crippen LogP contribution in [-0.4, -0.2) is 25.0 Å². The average Bonchev–Trinajstić information content (AvgIpc) is 2.89. The third-order valence-corrected chi connectivity index (χ3v) is 2.77. The molecule has 0 saturated carbocycles. The van der Waals surface area contributed by atoms with E-state index in [1.165, 1.54) is 4.57 Å². The van der Waals surface area contributed by atoms with E-state index in [2.05, 4.69) is 27.0 Å². The molecule has 0 saturated heterocycles. The Morgan fingerprint density at radius 3 is 2.79 bits per heavy atom. The maximum Gasteiger partial charge on any atom is 0.288 e. The molecule has 0 amide bonds. The topological polar surface area (TPSA) is 76.5 Å². The third-order valence-electron chi connectivity index (χ3n) is 2.77. The predicted molar refractivity (Wildman–Crippen MR) is 71.2 cm³/mol. The van der Waals surface area contributed by atoms with E-state index in [9.17, 15) is 4.79 Å². The standard InChI is InChI=1S/C13H11N5O/c1-2-6-10-14-12-11(15-17-16-12)13(19)18(10)9-7-4-3-5-8-9/h2-5,7-8H,1,6H2,(H,15,16,17). The smallest absolute Gasteiger partial charge is 0.266 e. The first-order chi connectivity index (χ1) is 9.31. The van der Waals surface area contributed by atoms with Gasteiger partial charge in [0.15, 0.2) is 5.52 Å². The number of benzene rings is 1. The minimum Gasteiger partial charge on any atom is -0.266 e. The summed E-state index contributed by atoms with van der Waals surface area (Å²) in [5.74, 6) is 0.590. The van der Waals surface area contributed by atoms with Gasteiger partial charge < -0.3 is 0 Å². The molecule has 0 fully saturated rings. The number of nitrogens with one attached hydrogen (secondary N) is 1. The zero-order chi connectivity index (χ0) is 13.2. The number of para-hydroxylation sites is 1. The zero-order valence-electron chi connectivity index (χ0n) is 10.1. The van der Waals surface area contributed by atoms with Crippen molar-refractivity contribution in [3.8, 4) is 5.69 Å². The van der Waals surface area contributed by atoms with Crippen LogP contribution in [-0.2, 0) is 6.42 Å². The largest absolute Gasteiger partial charge is 0.288 e. The zero-order valence-corrected chi connectivity index (χ0v) is 10.1. The van der Waals surface area contributed by atoms with Gasteiger partial charge in [-0.25, -0.2) is 4.98 Å². The second-order valence-electron chi connectivity index (χ2n) is 3.99. The Hall–Kier alpha value is -2.76. The number of hydrogen-bond donors (Lipinski definition) is 1. The summed E-state index contributed by atoms with van der Waals surface area (Å²) in [5.41, 5.74) is 1.08. The Bertz CT molecular complexity index is 788. The summed E-state index contributed by atoms with van der Waals surface area (Å²) in [7, 11) is 0. The van der Waals surface area contributed by atoms with Crippen LogP contribution >= 0.6 is 0 Å². The lowest BCUT2D eigenvalue weighted by molar-refractivity contribution is 0.856. The highest BCUT2D eigenvalue weighted by atomic mass is 16.1. The molecule has 1 aromatic carbocycles. The molecule has 3 aromatic rings. The summed E-state index contributed by atoms with van der Waals surface area (Å²) >= 11 is 0. The maximum absolute atomic E-state index is 12.5. The SMILES string of the molecule is C=CCc1nc2n[nH]nc2c(=O)n1-c1ccccc1. The van der Waals surface area contributed by atoms with Crippen molar-refractivity contribution in [2.45, 2.75) is 6.42 Å². The highest BCUT2D eigenvalue weighted by Gasteiger charge is 2.14. The third kappa shape index (κ3) is 1.83. The number of hydrogen-bond acceptors (Lipinski definition) is 4. The number of H-pyrrole nitrogens is 1. The second-order valence-corrected chi connectivity index (χ2v) is 3.99. The summed E-state index contributed by atoms with van der Waals surface area (Å²) in [5, 5.41) is 10.1. The number of aromatic amines is 1. The number of aromatic nitrogens is 5. The van der Waals surface area contributed by atoms with Crippen LogP contribution in [0.25, 0.3) is 16.9 Å². The molecule has 3 rings (SSSR count). The van der Waals surface area contributed by atoms with E-state index in [1.807, 2.05) is 30.3 Å². The van der Waals surface area contributed by atoms with Crippen LogP contribution < -0.4 is 5.56 Å². The minimum absolute atomic E-state index is 0.233. The minimum atomic E-state index is -0.234. The summed E-state index contributed by atoms with van der Waals surface area (Å²) < 4.78 is 1.53. The number of fused-ring (bicyclic) bond motifs is 1. The molecule has 6 heteroatoms. The lowest BCUT2D eigenvalue weighted by Gasteiger charge is -2.09. The Morgan fingerprint density at radius 2 is 2.05 bits per heavy atom. The van der Waals surface area contributed by atoms with Crippen LogP contribution in [0.2, 0.25) is 0 Å². The Morgan fingerprint density at radius 1 is 1.26 bits per heavy atom. The molecular weight excluding hydrogens is 242 g/mol. The molecule has 0 aliphatic heterocycles. The van der Waals surface area contributed by atoms with Gasteiger partial charge in [0, 0.05) is 6.42 Å². The first-order valence-corrected chi connectivity index (χ1v) is 5.80. The highest BCUT2D eigenvalue weighted by Crippen LogP contribution is 2.10. The molecule has 0 spiro atoms. The predicted octanol–water partition coefficient (Wildman–Crippen LogP) is 1.23. The van der Waals surface area contributed by atoms with E-state index in [1.54, 1.807) is 6.08 Å². The van der Waals surface area contributed by atoms with E-state index in [4.69, 9.17) is 0 Å². The van der Waals surface area contributed by atoms with Crippen molar-refractivity contribution in [1.82, 2.24) is 25.0 Å². The van der Waals surface area contributed by atoms with Crippen molar-refractivity contribution in [2.24, 2.45) is 0 Å². The van der Waals surface area contributed by atoms with Crippen molar-refractivity contribution in [1.29, 1.82) is 0 Å². The number of nitrogens with zero attached hydrogens (tertiary/aromatic N) is 4. The van der Waals surface area contributed by atoms with Crippen LogP contribution in [0, 0.1) is 0 Å². The van der Waals surface area contributed by atoms with Gasteiger partial charge in [0.2, 0.25) is 5.65 Å². The number of allylic oxidation sites excluding steroid dienone is 1. The van der Waals surface area contributed by atoms with Gasteiger partial charge in [0.1, 0.15) is 5.82 Å². The molecule has 0 unspecified atom stereocenters. The van der Waals surface area contributed by atoms with E-state index >= 15 is 0 Å². The molecule has 19 heavy (non-hydrogen) atoms. The molecule has 2 heterocycles. The Labute approximate surface area is 108 Å². The summed E-state index contributed by atoms with van der Waals surface area (Å²) in [4.78, 5) is 16.8. The van der Waals surface area contributed by atoms with E-state index < -0.39 is 0 Å². The fraction of sp³-hybridized carbons (Fsp3) is 0.0769. The van der Waals surface area contributed by atoms with Crippen molar-refractivity contribution in [2.75, 3.05) is 0 Å². The fourth-order valence-corrected chi connectivity index (χ4v) is 1.95. The molecule has 0 bridgehead atoms. The molecule has 1 N–H and O–H groups in total. The molecule has 0 atom stereocenters. The van der Waals surface area contributed by atoms with Crippen molar-refractivity contribution >= 4 is 11.2 Å². The molecule has 0 radical (unpaired) electrons. The molecule has 2 aromatic heterocycles. The van der Waals surface area contributed by atoms with Gasteiger partial charge >= 0.3 is 0 Å². The van der Waals surface area contributed by atoms with Gasteiger partial charge in [-0.15, -0.1) is 16.8 Å². The molecule has 0 aliphatic carbocycles. The van der Waals surface area contributed by atoms with Crippen LogP contribution in [0.1, 0.15) is 5.82 Å². The molecular formula is C13H11N5O. The summed E-state index contributed by atoms with van der Waals surface area (Å²) in [6, 6.07) is 9.33. The first kappa shape index (κ1) is 11.3. The Balaban J connectivity index is 2.37. The van der Waals surface area contributed by atoms with Gasteiger partial charge in [0.25, 0.3) is 5.56 Å². The van der Waals surface area contributed by atoms with Crippen molar-refractivity contribution in [3.63, 3.8) is 0 Å². The molecule has 0 aliphatic rings. The van der Waals surface area contributed by atoms with Crippen LogP contribution in [0.3, 0.4) is 0 Å². The van der Waals surface area contributed by atoms with Gasteiger partial charge in [0.05, 0.1) is 5.69 Å². The van der Waals surface area contributed by atoms with Crippen LogP contribution in [0.15, 0.2) is 47.8 Å². The molecule has 6 nitrogen and oxygen atoms in total. The quantitative estimate of drug-likeness (QED) is 0.712. The van der Waals surface area contributed by atoms with Gasteiger partial charge in [-0.3, -0.25) is 9.36 Å². The lowest BCUT2D eigenvalue weighted by Crippen LogP contribution is -2.23. The van der Waals surface area contributed by atoms with Gasteiger partial charge in [-0.1, -0.05) is 24.3 Å². The highest BCUT2D eigenvalue weighted by molar-refractivity contribution is 5.68. The van der Waals surface area contributed by atoms with Crippen molar-refractivity contribution in [3.05, 3.63) is 59.2 Å². The molecule has 94 valence electrons. The Kier molecular flexibility index (Phi) is 2.68. The monoisotopic (exact) mass is 253 g/mol. The van der Waals surface area contributed by atoms with E-state index in [0.717, 1.165) is 5.69 Å². The van der Waals surface area contributed by atoms with Crippen molar-refractivity contribution < 1.29 is 0 Å². The average molecular weight is 253 g/mol. The van der Waals surface area contributed by atoms with Crippen LogP contribution in [0.4, 0.5) is 0 Å². The van der Waals surface area contributed by atoms with Crippen LogP contribution in [0.5, 0.6) is 0 Å². The number of rotatable bonds is 3. The maximum atomic E-state index is 12.5. The summed E-state index contributed by atoms with van der Waals surface area (Å²) in [6.45, 7) is 3.69. The first-order valence-electron chi connectivity index (χ1n) is 5.80. The van der Waals surface area contributed by atoms with Gasteiger partial charge in [-0.2, -0.15) is 5.21 Å². The van der Waals surface area contributed by atoms with Gasteiger partial charge in [-0.05, 0) is 12.1 Å². The van der Waals surface area contributed by atoms with E-state index in [-0.39, 0.29) is 11.1 Å².